The maximum atomic E-state index is 12.1. The van der Waals surface area contributed by atoms with Crippen molar-refractivity contribution in [3.05, 3.63) is 54.1 Å². The van der Waals surface area contributed by atoms with E-state index in [9.17, 15) is 4.79 Å². The van der Waals surface area contributed by atoms with Crippen molar-refractivity contribution >= 4 is 11.6 Å². The summed E-state index contributed by atoms with van der Waals surface area (Å²) in [5.74, 6) is 0.355. The average molecular weight is 312 g/mol. The van der Waals surface area contributed by atoms with E-state index < -0.39 is 0 Å². The predicted molar refractivity (Wildman–Crippen MR) is 92.6 cm³/mol. The van der Waals surface area contributed by atoms with E-state index in [1.807, 2.05) is 25.2 Å². The minimum Gasteiger partial charge on any atom is -0.373 e. The summed E-state index contributed by atoms with van der Waals surface area (Å²) in [7, 11) is 2.01. The van der Waals surface area contributed by atoms with Gasteiger partial charge in [0.1, 0.15) is 0 Å². The van der Waals surface area contributed by atoms with Crippen molar-refractivity contribution in [2.75, 3.05) is 25.0 Å². The minimum absolute atomic E-state index is 0.0735. The Morgan fingerprint density at radius 3 is 2.65 bits per heavy atom. The number of hydrogen-bond donors (Lipinski definition) is 1. The van der Waals surface area contributed by atoms with Crippen LogP contribution in [0.4, 0.5) is 5.69 Å². The van der Waals surface area contributed by atoms with E-state index >= 15 is 0 Å². The van der Waals surface area contributed by atoms with Gasteiger partial charge in [-0.2, -0.15) is 0 Å². The normalized spacial score (nSPS) is 10.6. The lowest BCUT2D eigenvalue weighted by Gasteiger charge is -2.19. The highest BCUT2D eigenvalue weighted by Gasteiger charge is 2.09. The van der Waals surface area contributed by atoms with Crippen LogP contribution < -0.4 is 10.2 Å². The number of carbonyl (C=O) groups excluding carboxylic acids is 1. The predicted octanol–water partition coefficient (Wildman–Crippen LogP) is 2.54. The Balaban J connectivity index is 1.96. The van der Waals surface area contributed by atoms with Gasteiger partial charge in [-0.25, -0.2) is 0 Å². The number of likely N-dealkylation sites (N-methyl/N-ethyl adjacent to an activating group) is 1. The first-order valence-electron chi connectivity index (χ1n) is 7.89. The highest BCUT2D eigenvalue weighted by atomic mass is 16.1. The van der Waals surface area contributed by atoms with Crippen LogP contribution in [0.15, 0.2) is 43.0 Å². The first kappa shape index (κ1) is 16.9. The number of rotatable bonds is 7. The lowest BCUT2D eigenvalue weighted by Crippen LogP contribution is -2.28. The molecule has 0 aliphatic rings. The molecule has 0 radical (unpaired) electrons. The minimum atomic E-state index is -0.0735. The van der Waals surface area contributed by atoms with Gasteiger partial charge >= 0.3 is 0 Å². The number of aromatic nitrogens is 2. The molecule has 2 rings (SSSR count). The van der Waals surface area contributed by atoms with Gasteiger partial charge in [0, 0.05) is 38.7 Å². The molecule has 1 amide bonds. The van der Waals surface area contributed by atoms with Crippen molar-refractivity contribution in [2.45, 2.75) is 20.3 Å². The number of amides is 1. The molecule has 2 aromatic rings. The van der Waals surface area contributed by atoms with Crippen LogP contribution in [0.25, 0.3) is 0 Å². The molecule has 0 bridgehead atoms. The van der Waals surface area contributed by atoms with Crippen molar-refractivity contribution in [3.63, 3.8) is 0 Å². The molecule has 23 heavy (non-hydrogen) atoms. The Morgan fingerprint density at radius 1 is 1.22 bits per heavy atom. The van der Waals surface area contributed by atoms with Gasteiger partial charge in [0.25, 0.3) is 5.91 Å². The van der Waals surface area contributed by atoms with Gasteiger partial charge in [-0.05, 0) is 36.1 Å². The first-order chi connectivity index (χ1) is 11.1. The maximum absolute atomic E-state index is 12.1. The molecule has 5 heteroatoms. The molecule has 0 aromatic carbocycles. The SMILES string of the molecule is CC(C)CNC(=O)c1cncc(N(C)CCc2ccncc2)c1. The smallest absolute Gasteiger partial charge is 0.252 e. The quantitative estimate of drug-likeness (QED) is 0.853. The number of nitrogens with zero attached hydrogens (tertiary/aromatic N) is 3. The third-order valence-corrected chi connectivity index (χ3v) is 3.58. The van der Waals surface area contributed by atoms with Crippen LogP contribution in [0.5, 0.6) is 0 Å². The van der Waals surface area contributed by atoms with Gasteiger partial charge in [0.15, 0.2) is 0 Å². The van der Waals surface area contributed by atoms with Crippen LogP contribution in [0.1, 0.15) is 29.8 Å². The second kappa shape index (κ2) is 8.27. The number of anilines is 1. The Hall–Kier alpha value is -2.43. The highest BCUT2D eigenvalue weighted by molar-refractivity contribution is 5.94. The van der Waals surface area contributed by atoms with Crippen LogP contribution >= 0.6 is 0 Å². The third-order valence-electron chi connectivity index (χ3n) is 3.58. The van der Waals surface area contributed by atoms with E-state index in [0.29, 0.717) is 18.0 Å². The van der Waals surface area contributed by atoms with Crippen molar-refractivity contribution in [3.8, 4) is 0 Å². The molecule has 0 aliphatic heterocycles. The molecule has 0 spiro atoms. The Morgan fingerprint density at radius 2 is 1.96 bits per heavy atom. The summed E-state index contributed by atoms with van der Waals surface area (Å²) in [5, 5.41) is 2.92. The summed E-state index contributed by atoms with van der Waals surface area (Å²) >= 11 is 0. The fourth-order valence-corrected chi connectivity index (χ4v) is 2.13. The highest BCUT2D eigenvalue weighted by Crippen LogP contribution is 2.14. The average Bonchev–Trinajstić information content (AvgIpc) is 2.58. The van der Waals surface area contributed by atoms with Gasteiger partial charge in [0.2, 0.25) is 0 Å². The number of pyridine rings is 2. The monoisotopic (exact) mass is 312 g/mol. The zero-order valence-corrected chi connectivity index (χ0v) is 14.0. The van der Waals surface area contributed by atoms with E-state index in [2.05, 4.69) is 34.0 Å². The maximum Gasteiger partial charge on any atom is 0.252 e. The second-order valence-electron chi connectivity index (χ2n) is 6.06. The van der Waals surface area contributed by atoms with Crippen molar-refractivity contribution in [1.82, 2.24) is 15.3 Å². The molecule has 5 nitrogen and oxygen atoms in total. The van der Waals surface area contributed by atoms with Crippen LogP contribution in [0.3, 0.4) is 0 Å². The van der Waals surface area contributed by atoms with E-state index in [4.69, 9.17) is 0 Å². The molecular weight excluding hydrogens is 288 g/mol. The standard InChI is InChI=1S/C18H24N4O/c1-14(2)11-21-18(23)16-10-17(13-20-12-16)22(3)9-6-15-4-7-19-8-5-15/h4-5,7-8,10,12-14H,6,9,11H2,1-3H3,(H,21,23). The fraction of sp³-hybridized carbons (Fsp3) is 0.389. The van der Waals surface area contributed by atoms with Crippen molar-refractivity contribution in [2.24, 2.45) is 5.92 Å². The van der Waals surface area contributed by atoms with Crippen LogP contribution in [0, 0.1) is 5.92 Å². The van der Waals surface area contributed by atoms with E-state index in [-0.39, 0.29) is 5.91 Å². The Kier molecular flexibility index (Phi) is 6.09. The summed E-state index contributed by atoms with van der Waals surface area (Å²) in [6, 6.07) is 5.92. The zero-order chi connectivity index (χ0) is 16.7. The number of nitrogens with one attached hydrogen (secondary N) is 1. The third kappa shape index (κ3) is 5.36. The molecule has 0 unspecified atom stereocenters. The Labute approximate surface area is 137 Å². The molecule has 122 valence electrons. The molecule has 0 atom stereocenters. The second-order valence-corrected chi connectivity index (χ2v) is 6.06. The molecular formula is C18H24N4O. The largest absolute Gasteiger partial charge is 0.373 e. The van der Waals surface area contributed by atoms with Crippen LogP contribution in [-0.2, 0) is 6.42 Å². The van der Waals surface area contributed by atoms with Gasteiger partial charge in [0.05, 0.1) is 17.4 Å². The van der Waals surface area contributed by atoms with Crippen molar-refractivity contribution < 1.29 is 4.79 Å². The molecule has 2 aromatic heterocycles. The molecule has 2 heterocycles. The first-order valence-corrected chi connectivity index (χ1v) is 7.89. The van der Waals surface area contributed by atoms with Gasteiger partial charge in [-0.15, -0.1) is 0 Å². The van der Waals surface area contributed by atoms with Gasteiger partial charge in [-0.1, -0.05) is 13.8 Å². The van der Waals surface area contributed by atoms with E-state index in [1.165, 1.54) is 5.56 Å². The summed E-state index contributed by atoms with van der Waals surface area (Å²) in [6.07, 6.45) is 7.91. The number of carbonyl (C=O) groups is 1. The lowest BCUT2D eigenvalue weighted by atomic mass is 10.2. The lowest BCUT2D eigenvalue weighted by molar-refractivity contribution is 0.0948. The molecule has 0 aliphatic carbocycles. The van der Waals surface area contributed by atoms with Crippen LogP contribution in [0.2, 0.25) is 0 Å². The van der Waals surface area contributed by atoms with E-state index in [1.54, 1.807) is 24.8 Å². The molecule has 0 saturated carbocycles. The summed E-state index contributed by atoms with van der Waals surface area (Å²) in [6.45, 7) is 5.66. The zero-order valence-electron chi connectivity index (χ0n) is 14.0. The Bertz CT molecular complexity index is 628. The van der Waals surface area contributed by atoms with Crippen molar-refractivity contribution in [1.29, 1.82) is 0 Å². The summed E-state index contributed by atoms with van der Waals surface area (Å²) < 4.78 is 0. The van der Waals surface area contributed by atoms with E-state index in [0.717, 1.165) is 18.7 Å². The number of hydrogen-bond acceptors (Lipinski definition) is 4. The van der Waals surface area contributed by atoms with Gasteiger partial charge < -0.3 is 10.2 Å². The van der Waals surface area contributed by atoms with Gasteiger partial charge in [-0.3, -0.25) is 14.8 Å². The van der Waals surface area contributed by atoms with Crippen LogP contribution in [-0.4, -0.2) is 36.0 Å². The molecule has 1 N–H and O–H groups in total. The molecule has 0 fully saturated rings. The fourth-order valence-electron chi connectivity index (χ4n) is 2.13. The summed E-state index contributed by atoms with van der Waals surface area (Å²) in [4.78, 5) is 22.5. The topological polar surface area (TPSA) is 58.1 Å². The summed E-state index contributed by atoms with van der Waals surface area (Å²) in [5.41, 5.74) is 2.78. The molecule has 0 saturated heterocycles.